The molecule has 2 aromatic heterocycles. The highest BCUT2D eigenvalue weighted by molar-refractivity contribution is 5.85. The summed E-state index contributed by atoms with van der Waals surface area (Å²) in [4.78, 5) is 19.0. The van der Waals surface area contributed by atoms with E-state index in [2.05, 4.69) is 15.2 Å². The number of amides is 1. The summed E-state index contributed by atoms with van der Waals surface area (Å²) in [5.74, 6) is 1.85. The van der Waals surface area contributed by atoms with Gasteiger partial charge in [-0.2, -0.15) is 5.10 Å². The first-order valence-electron chi connectivity index (χ1n) is 9.21. The van der Waals surface area contributed by atoms with Crippen LogP contribution >= 0.6 is 0 Å². The van der Waals surface area contributed by atoms with Crippen LogP contribution in [-0.4, -0.2) is 52.8 Å². The molecule has 1 amide bonds. The number of H-pyrrole nitrogens is 1. The second-order valence-corrected chi connectivity index (χ2v) is 7.01. The molecule has 0 spiro atoms. The Kier molecular flexibility index (Phi) is 4.77. The first kappa shape index (κ1) is 18.1. The Hall–Kier alpha value is -3.29. The number of fused-ring (bicyclic) bond motifs is 1. The number of carbonyl (C=O) groups excluding carboxylic acids is 1. The summed E-state index contributed by atoms with van der Waals surface area (Å²) in [6.45, 7) is 3.25. The predicted molar refractivity (Wildman–Crippen MR) is 105 cm³/mol. The predicted octanol–water partition coefficient (Wildman–Crippen LogP) is 2.25. The first-order valence-corrected chi connectivity index (χ1v) is 9.21. The van der Waals surface area contributed by atoms with Crippen LogP contribution in [0.2, 0.25) is 0 Å². The molecule has 28 heavy (non-hydrogen) atoms. The molecular weight excluding hydrogens is 358 g/mol. The maximum atomic E-state index is 12.6. The van der Waals surface area contributed by atoms with Gasteiger partial charge in [-0.15, -0.1) is 0 Å². The number of benzene rings is 1. The average Bonchev–Trinajstić information content (AvgIpc) is 3.34. The molecule has 1 saturated heterocycles. The van der Waals surface area contributed by atoms with Crippen molar-refractivity contribution >= 4 is 22.8 Å². The summed E-state index contributed by atoms with van der Waals surface area (Å²) >= 11 is 0. The van der Waals surface area contributed by atoms with Crippen LogP contribution in [0.4, 0.5) is 5.82 Å². The summed E-state index contributed by atoms with van der Waals surface area (Å²) in [5.41, 5.74) is 8.42. The minimum atomic E-state index is -0.0461. The summed E-state index contributed by atoms with van der Waals surface area (Å²) < 4.78 is 11.0. The van der Waals surface area contributed by atoms with Gasteiger partial charge in [-0.3, -0.25) is 9.89 Å². The van der Waals surface area contributed by atoms with E-state index in [0.717, 1.165) is 23.1 Å². The lowest BCUT2D eigenvalue weighted by molar-refractivity contribution is -0.132. The molecule has 0 radical (unpaired) electrons. The van der Waals surface area contributed by atoms with E-state index < -0.39 is 0 Å². The number of likely N-dealkylation sites (tertiary alicyclic amines) is 1. The number of nitrogen functional groups attached to an aromatic ring is 1. The SMILES string of the molecule is COc1cc(C)ccc1OCC(=O)N1CC[C@H](c2ccc3c(N)[nH]nc3n2)C1. The molecule has 8 nitrogen and oxygen atoms in total. The highest BCUT2D eigenvalue weighted by Gasteiger charge is 2.29. The van der Waals surface area contributed by atoms with Gasteiger partial charge in [0.05, 0.1) is 12.5 Å². The Morgan fingerprint density at radius 3 is 3.00 bits per heavy atom. The maximum Gasteiger partial charge on any atom is 0.260 e. The van der Waals surface area contributed by atoms with E-state index in [1.807, 2.05) is 42.2 Å². The number of anilines is 1. The Morgan fingerprint density at radius 2 is 2.18 bits per heavy atom. The molecule has 3 heterocycles. The smallest absolute Gasteiger partial charge is 0.260 e. The second-order valence-electron chi connectivity index (χ2n) is 7.01. The van der Waals surface area contributed by atoms with Crippen molar-refractivity contribution in [1.29, 1.82) is 0 Å². The molecule has 0 bridgehead atoms. The Balaban J connectivity index is 1.38. The number of hydrogen-bond donors (Lipinski definition) is 2. The number of hydrogen-bond acceptors (Lipinski definition) is 6. The summed E-state index contributed by atoms with van der Waals surface area (Å²) in [7, 11) is 1.59. The number of nitrogens with two attached hydrogens (primary N) is 1. The zero-order valence-electron chi connectivity index (χ0n) is 15.9. The number of nitrogens with one attached hydrogen (secondary N) is 1. The molecule has 1 aliphatic rings. The zero-order valence-corrected chi connectivity index (χ0v) is 15.9. The van der Waals surface area contributed by atoms with E-state index in [4.69, 9.17) is 15.2 Å². The number of methoxy groups -OCH3 is 1. The van der Waals surface area contributed by atoms with Crippen LogP contribution < -0.4 is 15.2 Å². The third kappa shape index (κ3) is 3.45. The number of pyridine rings is 1. The third-order valence-corrected chi connectivity index (χ3v) is 5.10. The van der Waals surface area contributed by atoms with Gasteiger partial charge in [0.2, 0.25) is 0 Å². The van der Waals surface area contributed by atoms with Gasteiger partial charge in [0, 0.05) is 24.7 Å². The van der Waals surface area contributed by atoms with Crippen molar-refractivity contribution in [1.82, 2.24) is 20.1 Å². The monoisotopic (exact) mass is 381 g/mol. The number of rotatable bonds is 5. The van der Waals surface area contributed by atoms with Crippen LogP contribution in [-0.2, 0) is 4.79 Å². The normalized spacial score (nSPS) is 16.5. The fourth-order valence-electron chi connectivity index (χ4n) is 3.51. The van der Waals surface area contributed by atoms with Gasteiger partial charge in [0.25, 0.3) is 5.91 Å². The van der Waals surface area contributed by atoms with Gasteiger partial charge in [-0.25, -0.2) is 4.98 Å². The number of ether oxygens (including phenoxy) is 2. The van der Waals surface area contributed by atoms with Gasteiger partial charge in [-0.1, -0.05) is 6.07 Å². The van der Waals surface area contributed by atoms with Crippen molar-refractivity contribution in [2.45, 2.75) is 19.3 Å². The van der Waals surface area contributed by atoms with Crippen molar-refractivity contribution in [3.8, 4) is 11.5 Å². The minimum absolute atomic E-state index is 0.0193. The standard InChI is InChI=1S/C20H23N5O3/c1-12-3-6-16(17(9-12)27-2)28-11-18(26)25-8-7-13(10-25)15-5-4-14-19(21)23-24-20(14)22-15/h3-6,9,13H,7-8,10-11H2,1-2H3,(H3,21,22,23,24)/t13-/m0/s1. The summed E-state index contributed by atoms with van der Waals surface area (Å²) in [6.07, 6.45) is 0.859. The molecule has 1 aromatic carbocycles. The van der Waals surface area contributed by atoms with Gasteiger partial charge in [0.1, 0.15) is 5.82 Å². The zero-order chi connectivity index (χ0) is 19.7. The van der Waals surface area contributed by atoms with Crippen LogP contribution in [0.3, 0.4) is 0 Å². The second kappa shape index (κ2) is 7.38. The third-order valence-electron chi connectivity index (χ3n) is 5.10. The lowest BCUT2D eigenvalue weighted by atomic mass is 10.0. The lowest BCUT2D eigenvalue weighted by Crippen LogP contribution is -2.33. The minimum Gasteiger partial charge on any atom is -0.493 e. The summed E-state index contributed by atoms with van der Waals surface area (Å²) in [5, 5.41) is 7.67. The summed E-state index contributed by atoms with van der Waals surface area (Å²) in [6, 6.07) is 9.52. The van der Waals surface area contributed by atoms with Crippen molar-refractivity contribution in [2.75, 3.05) is 32.5 Å². The molecule has 3 aromatic rings. The van der Waals surface area contributed by atoms with Gasteiger partial charge < -0.3 is 20.1 Å². The average molecular weight is 381 g/mol. The fraction of sp³-hybridized carbons (Fsp3) is 0.350. The van der Waals surface area contributed by atoms with E-state index in [-0.39, 0.29) is 18.4 Å². The largest absolute Gasteiger partial charge is 0.493 e. The highest BCUT2D eigenvalue weighted by Crippen LogP contribution is 2.30. The van der Waals surface area contributed by atoms with Crippen molar-refractivity contribution < 1.29 is 14.3 Å². The fourth-order valence-corrected chi connectivity index (χ4v) is 3.51. The molecule has 1 fully saturated rings. The molecule has 146 valence electrons. The van der Waals surface area contributed by atoms with E-state index >= 15 is 0 Å². The van der Waals surface area contributed by atoms with Crippen molar-refractivity contribution in [3.05, 3.63) is 41.6 Å². The van der Waals surface area contributed by atoms with Crippen LogP contribution in [0.5, 0.6) is 11.5 Å². The molecule has 0 unspecified atom stereocenters. The van der Waals surface area contributed by atoms with E-state index in [0.29, 0.717) is 36.1 Å². The Bertz CT molecular complexity index is 1020. The molecule has 1 atom stereocenters. The maximum absolute atomic E-state index is 12.6. The van der Waals surface area contributed by atoms with Crippen LogP contribution in [0.25, 0.3) is 11.0 Å². The first-order chi connectivity index (χ1) is 13.5. The number of carbonyl (C=O) groups is 1. The van der Waals surface area contributed by atoms with Crippen molar-refractivity contribution in [3.63, 3.8) is 0 Å². The molecule has 0 saturated carbocycles. The molecule has 0 aliphatic carbocycles. The molecular formula is C20H23N5O3. The van der Waals surface area contributed by atoms with Crippen LogP contribution in [0, 0.1) is 6.92 Å². The highest BCUT2D eigenvalue weighted by atomic mass is 16.5. The molecule has 3 N–H and O–H groups in total. The van der Waals surface area contributed by atoms with Gasteiger partial charge in [0.15, 0.2) is 23.8 Å². The van der Waals surface area contributed by atoms with E-state index in [1.165, 1.54) is 0 Å². The van der Waals surface area contributed by atoms with Gasteiger partial charge >= 0.3 is 0 Å². The van der Waals surface area contributed by atoms with Crippen LogP contribution in [0.1, 0.15) is 23.6 Å². The Morgan fingerprint density at radius 1 is 1.32 bits per heavy atom. The van der Waals surface area contributed by atoms with E-state index in [1.54, 1.807) is 7.11 Å². The van der Waals surface area contributed by atoms with Crippen molar-refractivity contribution in [2.24, 2.45) is 0 Å². The van der Waals surface area contributed by atoms with E-state index in [9.17, 15) is 4.79 Å². The van der Waals surface area contributed by atoms with Crippen LogP contribution in [0.15, 0.2) is 30.3 Å². The molecule has 4 rings (SSSR count). The number of aromatic nitrogens is 3. The Labute approximate surface area is 162 Å². The molecule has 8 heteroatoms. The number of aromatic amines is 1. The quantitative estimate of drug-likeness (QED) is 0.702. The number of nitrogens with zero attached hydrogens (tertiary/aromatic N) is 3. The molecule has 1 aliphatic heterocycles. The number of aryl methyl sites for hydroxylation is 1. The topological polar surface area (TPSA) is 106 Å². The van der Waals surface area contributed by atoms with Gasteiger partial charge in [-0.05, 0) is 43.2 Å². The lowest BCUT2D eigenvalue weighted by Gasteiger charge is -2.17.